The van der Waals surface area contributed by atoms with Crippen LogP contribution in [0.5, 0.6) is 0 Å². The van der Waals surface area contributed by atoms with Crippen molar-refractivity contribution in [3.8, 4) is 0 Å². The van der Waals surface area contributed by atoms with Crippen molar-refractivity contribution in [2.75, 3.05) is 18.1 Å². The molecule has 2 rings (SSSR count). The molecule has 0 unspecified atom stereocenters. The minimum absolute atomic E-state index is 0.104. The molecule has 2 atom stereocenters. The summed E-state index contributed by atoms with van der Waals surface area (Å²) in [5.74, 6) is -8.23. The Labute approximate surface area is 174 Å². The van der Waals surface area contributed by atoms with E-state index in [1.165, 1.54) is 0 Å². The fourth-order valence-corrected chi connectivity index (χ4v) is 2.78. The van der Waals surface area contributed by atoms with Gasteiger partial charge in [0.1, 0.15) is 5.82 Å². The molecule has 1 aliphatic rings. The van der Waals surface area contributed by atoms with E-state index in [0.717, 1.165) is 0 Å². The number of aliphatic imine (C=N–C) groups is 1. The van der Waals surface area contributed by atoms with Gasteiger partial charge >= 0.3 is 24.2 Å². The minimum Gasteiger partial charge on any atom is -0.459 e. The molecule has 15 heteroatoms. The molecule has 0 aromatic heterocycles. The number of benzene rings is 1. The van der Waals surface area contributed by atoms with Gasteiger partial charge in [0.2, 0.25) is 0 Å². The van der Waals surface area contributed by atoms with Gasteiger partial charge in [0.15, 0.2) is 17.7 Å². The third kappa shape index (κ3) is 4.56. The van der Waals surface area contributed by atoms with Crippen molar-refractivity contribution in [2.24, 2.45) is 10.7 Å². The van der Waals surface area contributed by atoms with Crippen LogP contribution in [0.3, 0.4) is 0 Å². The molecular formula is C17H16F9N3O3. The van der Waals surface area contributed by atoms with E-state index >= 15 is 0 Å². The van der Waals surface area contributed by atoms with Crippen molar-refractivity contribution >= 4 is 17.6 Å². The highest BCUT2D eigenvalue weighted by atomic mass is 19.4. The third-order valence-corrected chi connectivity index (χ3v) is 4.80. The summed E-state index contributed by atoms with van der Waals surface area (Å²) in [4.78, 5) is 14.6. The molecule has 32 heavy (non-hydrogen) atoms. The first kappa shape index (κ1) is 25.5. The number of hydrogen-bond acceptors (Lipinski definition) is 5. The van der Waals surface area contributed by atoms with Crippen LogP contribution in [-0.2, 0) is 15.1 Å². The number of halogens is 9. The number of ether oxygens (including phenoxy) is 1. The van der Waals surface area contributed by atoms with Crippen LogP contribution in [0.1, 0.15) is 19.4 Å². The number of amides is 1. The van der Waals surface area contributed by atoms with E-state index in [2.05, 4.69) is 9.73 Å². The lowest BCUT2D eigenvalue weighted by Crippen LogP contribution is -2.55. The van der Waals surface area contributed by atoms with Gasteiger partial charge in [-0.15, -0.1) is 0 Å². The summed E-state index contributed by atoms with van der Waals surface area (Å²) in [5.41, 5.74) is -3.54. The molecule has 0 fully saturated rings. The number of alkyl halides is 8. The average molecular weight is 481 g/mol. The van der Waals surface area contributed by atoms with Crippen molar-refractivity contribution in [1.29, 1.82) is 0 Å². The van der Waals surface area contributed by atoms with Crippen LogP contribution in [0.2, 0.25) is 0 Å². The Kier molecular flexibility index (Phi) is 6.15. The number of hydrogen-bond donors (Lipinski definition) is 2. The number of nitrogens with zero attached hydrogens (tertiary/aromatic N) is 2. The predicted molar refractivity (Wildman–Crippen MR) is 91.4 cm³/mol. The van der Waals surface area contributed by atoms with Gasteiger partial charge in [-0.3, -0.25) is 4.79 Å². The van der Waals surface area contributed by atoms with Crippen molar-refractivity contribution in [1.82, 2.24) is 0 Å². The molecular weight excluding hydrogens is 465 g/mol. The molecule has 3 N–H and O–H groups in total. The van der Waals surface area contributed by atoms with Crippen molar-refractivity contribution in [2.45, 2.75) is 43.3 Å². The molecule has 0 bridgehead atoms. The molecule has 1 aromatic rings. The lowest BCUT2D eigenvalue weighted by Gasteiger charge is -2.38. The Morgan fingerprint density at radius 3 is 2.31 bits per heavy atom. The van der Waals surface area contributed by atoms with Crippen LogP contribution in [0.15, 0.2) is 23.2 Å². The summed E-state index contributed by atoms with van der Waals surface area (Å²) < 4.78 is 126. The first-order chi connectivity index (χ1) is 14.2. The maximum absolute atomic E-state index is 14.5. The summed E-state index contributed by atoms with van der Waals surface area (Å²) in [7, 11) is 0. The van der Waals surface area contributed by atoms with E-state index in [4.69, 9.17) is 5.73 Å². The van der Waals surface area contributed by atoms with Gasteiger partial charge in [-0.05, 0) is 32.0 Å². The molecule has 180 valence electrons. The average Bonchev–Trinajstić information content (AvgIpc) is 2.61. The molecule has 6 nitrogen and oxygen atoms in total. The normalized spacial score (nSPS) is 23.1. The standard InChI is InChI=1S/C17H16F9N3O3/c1-13(31,17(24,25)26)6-29(11(30)16(21,22)23)8-3-4-10(18)9(5-8)14(2)15(19,20)7-32-12(27)28-14/h3-5,31H,6-7H2,1-2H3,(H2,27,28)/t13-,14-/m1/s1. The van der Waals surface area contributed by atoms with E-state index in [-0.39, 0.29) is 6.92 Å². The van der Waals surface area contributed by atoms with Gasteiger partial charge in [0.05, 0.1) is 6.54 Å². The third-order valence-electron chi connectivity index (χ3n) is 4.80. The molecule has 0 saturated heterocycles. The van der Waals surface area contributed by atoms with E-state index in [1.54, 1.807) is 0 Å². The summed E-state index contributed by atoms with van der Waals surface area (Å²) in [6.07, 6.45) is -11.2. The number of carbonyl (C=O) groups excluding carboxylic acids is 1. The topological polar surface area (TPSA) is 88.2 Å². The largest absolute Gasteiger partial charge is 0.471 e. The SMILES string of the molecule is C[C@@](O)(CN(C(=O)C(F)(F)F)c1ccc(F)c([C@@]2(C)N=C(N)OCC2(F)F)c1)C(F)(F)F. The van der Waals surface area contributed by atoms with Crippen molar-refractivity contribution < 1.29 is 54.2 Å². The number of nitrogens with two attached hydrogens (primary N) is 1. The number of anilines is 1. The van der Waals surface area contributed by atoms with Crippen molar-refractivity contribution in [3.63, 3.8) is 0 Å². The van der Waals surface area contributed by atoms with Crippen LogP contribution < -0.4 is 10.6 Å². The first-order valence-corrected chi connectivity index (χ1v) is 8.57. The number of amidine groups is 1. The first-order valence-electron chi connectivity index (χ1n) is 8.57. The summed E-state index contributed by atoms with van der Waals surface area (Å²) in [6.45, 7) is -2.57. The second-order valence-electron chi connectivity index (χ2n) is 7.34. The Morgan fingerprint density at radius 2 is 1.81 bits per heavy atom. The van der Waals surface area contributed by atoms with E-state index < -0.39 is 76.5 Å². The van der Waals surface area contributed by atoms with Gasteiger partial charge in [-0.25, -0.2) is 9.38 Å². The van der Waals surface area contributed by atoms with Crippen LogP contribution in [-0.4, -0.2) is 54.1 Å². The fraction of sp³-hybridized carbons (Fsp3) is 0.529. The fourth-order valence-electron chi connectivity index (χ4n) is 2.78. The van der Waals surface area contributed by atoms with Crippen LogP contribution in [0.25, 0.3) is 0 Å². The molecule has 1 aromatic carbocycles. The van der Waals surface area contributed by atoms with Gasteiger partial charge in [0.25, 0.3) is 6.02 Å². The van der Waals surface area contributed by atoms with Crippen molar-refractivity contribution in [3.05, 3.63) is 29.6 Å². The predicted octanol–water partition coefficient (Wildman–Crippen LogP) is 3.23. The summed E-state index contributed by atoms with van der Waals surface area (Å²) in [6, 6.07) is 0.336. The lowest BCUT2D eigenvalue weighted by atomic mass is 9.85. The molecule has 1 amide bonds. The Balaban J connectivity index is 2.69. The Morgan fingerprint density at radius 1 is 1.25 bits per heavy atom. The molecule has 1 heterocycles. The van der Waals surface area contributed by atoms with Crippen LogP contribution in [0, 0.1) is 5.82 Å². The molecule has 0 aliphatic carbocycles. The molecule has 1 aliphatic heterocycles. The zero-order valence-electron chi connectivity index (χ0n) is 16.3. The molecule has 0 saturated carbocycles. The molecule has 0 radical (unpaired) electrons. The Hall–Kier alpha value is -2.71. The van der Waals surface area contributed by atoms with Gasteiger partial charge in [-0.2, -0.15) is 35.1 Å². The summed E-state index contributed by atoms with van der Waals surface area (Å²) >= 11 is 0. The second-order valence-corrected chi connectivity index (χ2v) is 7.34. The highest BCUT2D eigenvalue weighted by Gasteiger charge is 2.57. The number of rotatable bonds is 4. The van der Waals surface area contributed by atoms with E-state index in [1.807, 2.05) is 0 Å². The van der Waals surface area contributed by atoms with Gasteiger partial charge in [-0.1, -0.05) is 0 Å². The number of carbonyl (C=O) groups is 1. The van der Waals surface area contributed by atoms with E-state index in [9.17, 15) is 49.4 Å². The zero-order chi connectivity index (χ0) is 24.9. The maximum Gasteiger partial charge on any atom is 0.471 e. The number of aliphatic hydroxyl groups is 1. The smallest absolute Gasteiger partial charge is 0.459 e. The lowest BCUT2D eigenvalue weighted by molar-refractivity contribution is -0.249. The van der Waals surface area contributed by atoms with Crippen LogP contribution >= 0.6 is 0 Å². The van der Waals surface area contributed by atoms with Crippen LogP contribution in [0.4, 0.5) is 45.2 Å². The van der Waals surface area contributed by atoms with E-state index in [0.29, 0.717) is 25.1 Å². The Bertz CT molecular complexity index is 928. The van der Waals surface area contributed by atoms with Gasteiger partial charge in [0, 0.05) is 11.3 Å². The quantitative estimate of drug-likeness (QED) is 0.647. The monoisotopic (exact) mass is 481 g/mol. The zero-order valence-corrected chi connectivity index (χ0v) is 16.3. The maximum atomic E-state index is 14.5. The minimum atomic E-state index is -5.72. The highest BCUT2D eigenvalue weighted by molar-refractivity contribution is 5.97. The second kappa shape index (κ2) is 7.71. The highest BCUT2D eigenvalue weighted by Crippen LogP contribution is 2.45. The summed E-state index contributed by atoms with van der Waals surface area (Å²) in [5, 5.41) is 9.60. The van der Waals surface area contributed by atoms with Gasteiger partial charge < -0.3 is 20.5 Å². The molecule has 0 spiro atoms.